The number of rotatable bonds is 8. The van der Waals surface area contributed by atoms with Crippen molar-refractivity contribution >= 4 is 16.8 Å². The maximum Gasteiger partial charge on any atom is 0.258 e. The summed E-state index contributed by atoms with van der Waals surface area (Å²) < 4.78 is 7.89. The molecule has 0 saturated heterocycles. The number of hydrogen-bond donors (Lipinski definition) is 2. The maximum atomic E-state index is 12.3. The molecule has 1 saturated carbocycles. The third kappa shape index (κ3) is 5.42. The van der Waals surface area contributed by atoms with Crippen LogP contribution >= 0.6 is 0 Å². The smallest absolute Gasteiger partial charge is 0.258 e. The van der Waals surface area contributed by atoms with Crippen LogP contribution in [0.3, 0.4) is 0 Å². The first-order valence-electron chi connectivity index (χ1n) is 12.5. The van der Waals surface area contributed by atoms with Gasteiger partial charge >= 0.3 is 0 Å². The van der Waals surface area contributed by atoms with E-state index >= 15 is 0 Å². The Morgan fingerprint density at radius 1 is 1.15 bits per heavy atom. The van der Waals surface area contributed by atoms with E-state index in [1.807, 2.05) is 24.4 Å². The van der Waals surface area contributed by atoms with E-state index in [0.717, 1.165) is 43.3 Å². The summed E-state index contributed by atoms with van der Waals surface area (Å²) in [6.45, 7) is 2.44. The SMILES string of the molecule is O=C(COc1ccc2cnn(C3CCCCC3)c2c1)NCC(O)CN1CCc2ccccc2C1. The lowest BCUT2D eigenvalue weighted by molar-refractivity contribution is -0.123. The molecule has 2 aromatic carbocycles. The summed E-state index contributed by atoms with van der Waals surface area (Å²) in [6.07, 6.45) is 8.41. The molecule has 1 amide bonds. The van der Waals surface area contributed by atoms with Crippen molar-refractivity contribution in [3.8, 4) is 5.75 Å². The molecule has 1 unspecified atom stereocenters. The molecule has 0 radical (unpaired) electrons. The zero-order chi connectivity index (χ0) is 23.3. The van der Waals surface area contributed by atoms with E-state index in [-0.39, 0.29) is 19.1 Å². The van der Waals surface area contributed by atoms with Crippen LogP contribution in [0.5, 0.6) is 5.75 Å². The van der Waals surface area contributed by atoms with E-state index < -0.39 is 6.10 Å². The number of aliphatic hydroxyl groups excluding tert-OH is 1. The number of carbonyl (C=O) groups excluding carboxylic acids is 1. The van der Waals surface area contributed by atoms with E-state index in [2.05, 4.69) is 44.3 Å². The highest BCUT2D eigenvalue weighted by Crippen LogP contribution is 2.31. The number of fused-ring (bicyclic) bond motifs is 2. The monoisotopic (exact) mass is 462 g/mol. The van der Waals surface area contributed by atoms with Crippen LogP contribution in [0.4, 0.5) is 0 Å². The van der Waals surface area contributed by atoms with Crippen molar-refractivity contribution < 1.29 is 14.6 Å². The highest BCUT2D eigenvalue weighted by molar-refractivity contribution is 5.81. The first-order valence-corrected chi connectivity index (χ1v) is 12.5. The van der Waals surface area contributed by atoms with Crippen LogP contribution in [0.1, 0.15) is 49.3 Å². The van der Waals surface area contributed by atoms with Gasteiger partial charge in [-0.1, -0.05) is 43.5 Å². The summed E-state index contributed by atoms with van der Waals surface area (Å²) in [6, 6.07) is 14.7. The molecule has 5 rings (SSSR count). The number of ether oxygens (including phenoxy) is 1. The number of β-amino-alcohol motifs (C(OH)–C–C–N with tert-alkyl or cyclic N) is 1. The topological polar surface area (TPSA) is 79.6 Å². The van der Waals surface area contributed by atoms with Gasteiger partial charge in [-0.3, -0.25) is 14.4 Å². The van der Waals surface area contributed by atoms with E-state index in [1.54, 1.807) is 0 Å². The van der Waals surface area contributed by atoms with Gasteiger partial charge in [0.15, 0.2) is 6.61 Å². The predicted octanol–water partition coefficient (Wildman–Crippen LogP) is 3.46. The summed E-state index contributed by atoms with van der Waals surface area (Å²) in [7, 11) is 0. The second-order valence-electron chi connectivity index (χ2n) is 9.60. The molecule has 34 heavy (non-hydrogen) atoms. The zero-order valence-electron chi connectivity index (χ0n) is 19.7. The molecular formula is C27H34N4O3. The van der Waals surface area contributed by atoms with Gasteiger partial charge in [0.25, 0.3) is 5.91 Å². The zero-order valence-corrected chi connectivity index (χ0v) is 19.7. The summed E-state index contributed by atoms with van der Waals surface area (Å²) >= 11 is 0. The number of nitrogens with one attached hydrogen (secondary N) is 1. The highest BCUT2D eigenvalue weighted by atomic mass is 16.5. The Kier molecular flexibility index (Phi) is 7.11. The average molecular weight is 463 g/mol. The lowest BCUT2D eigenvalue weighted by Crippen LogP contribution is -2.42. The van der Waals surface area contributed by atoms with E-state index in [1.165, 1.54) is 30.4 Å². The Morgan fingerprint density at radius 2 is 1.97 bits per heavy atom. The molecule has 3 aromatic rings. The number of aromatic nitrogens is 2. The number of amides is 1. The highest BCUT2D eigenvalue weighted by Gasteiger charge is 2.20. The molecule has 1 aliphatic carbocycles. The number of nitrogens with zero attached hydrogens (tertiary/aromatic N) is 3. The molecule has 7 nitrogen and oxygen atoms in total. The van der Waals surface area contributed by atoms with Gasteiger partial charge in [-0.05, 0) is 42.5 Å². The molecule has 0 bridgehead atoms. The number of benzene rings is 2. The van der Waals surface area contributed by atoms with Crippen molar-refractivity contribution in [2.75, 3.05) is 26.2 Å². The molecule has 1 aliphatic heterocycles. The van der Waals surface area contributed by atoms with E-state index in [0.29, 0.717) is 18.3 Å². The summed E-state index contributed by atoms with van der Waals surface area (Å²) in [5.74, 6) is 0.427. The number of aliphatic hydroxyl groups is 1. The third-order valence-electron chi connectivity index (χ3n) is 7.07. The lowest BCUT2D eigenvalue weighted by Gasteiger charge is -2.30. The van der Waals surface area contributed by atoms with Gasteiger partial charge in [-0.15, -0.1) is 0 Å². The first-order chi connectivity index (χ1) is 16.7. The number of carbonyl (C=O) groups is 1. The minimum Gasteiger partial charge on any atom is -0.484 e. The second kappa shape index (κ2) is 10.6. The summed E-state index contributed by atoms with van der Waals surface area (Å²) in [5.41, 5.74) is 3.77. The van der Waals surface area contributed by atoms with Crippen molar-refractivity contribution in [1.82, 2.24) is 20.0 Å². The van der Waals surface area contributed by atoms with Crippen LogP contribution in [-0.4, -0.2) is 58.0 Å². The minimum absolute atomic E-state index is 0.0765. The van der Waals surface area contributed by atoms with Crippen molar-refractivity contribution in [3.05, 3.63) is 59.8 Å². The standard InChI is InChI=1S/C27H34N4O3/c32-24(18-30-13-12-20-6-4-5-7-22(20)17-30)16-28-27(33)19-34-25-11-10-21-15-29-31(26(21)14-25)23-8-2-1-3-9-23/h4-7,10-11,14-15,23-24,32H,1-3,8-9,12-13,16-19H2,(H,28,33). The van der Waals surface area contributed by atoms with Crippen molar-refractivity contribution in [1.29, 1.82) is 0 Å². The fourth-order valence-electron chi connectivity index (χ4n) is 5.23. The van der Waals surface area contributed by atoms with E-state index in [9.17, 15) is 9.90 Å². The average Bonchev–Trinajstić information content (AvgIpc) is 3.30. The second-order valence-corrected chi connectivity index (χ2v) is 9.60. The Morgan fingerprint density at radius 3 is 2.82 bits per heavy atom. The minimum atomic E-state index is -0.615. The van der Waals surface area contributed by atoms with Crippen LogP contribution in [0, 0.1) is 0 Å². The van der Waals surface area contributed by atoms with Gasteiger partial charge in [0.05, 0.1) is 23.9 Å². The van der Waals surface area contributed by atoms with E-state index in [4.69, 9.17) is 4.74 Å². The Labute approximate surface area is 200 Å². The molecule has 1 aromatic heterocycles. The molecule has 180 valence electrons. The van der Waals surface area contributed by atoms with Gasteiger partial charge in [0.1, 0.15) is 5.75 Å². The fraction of sp³-hybridized carbons (Fsp3) is 0.481. The van der Waals surface area contributed by atoms with Crippen LogP contribution < -0.4 is 10.1 Å². The quantitative estimate of drug-likeness (QED) is 0.536. The molecule has 1 fully saturated rings. The summed E-state index contributed by atoms with van der Waals surface area (Å²) in [5, 5.41) is 18.9. The predicted molar refractivity (Wildman–Crippen MR) is 132 cm³/mol. The van der Waals surface area contributed by atoms with Gasteiger partial charge in [0, 0.05) is 37.6 Å². The molecular weight excluding hydrogens is 428 g/mol. The fourth-order valence-corrected chi connectivity index (χ4v) is 5.23. The Hall–Kier alpha value is -2.90. The Balaban J connectivity index is 1.09. The summed E-state index contributed by atoms with van der Waals surface area (Å²) in [4.78, 5) is 14.6. The van der Waals surface area contributed by atoms with Gasteiger partial charge < -0.3 is 15.2 Å². The maximum absolute atomic E-state index is 12.3. The first kappa shape index (κ1) is 22.9. The molecule has 2 aliphatic rings. The molecule has 2 heterocycles. The van der Waals surface area contributed by atoms with Crippen molar-refractivity contribution in [2.45, 2.75) is 57.2 Å². The van der Waals surface area contributed by atoms with Crippen LogP contribution in [0.15, 0.2) is 48.7 Å². The van der Waals surface area contributed by atoms with Gasteiger partial charge in [-0.25, -0.2) is 0 Å². The van der Waals surface area contributed by atoms with Gasteiger partial charge in [-0.2, -0.15) is 5.10 Å². The molecule has 1 atom stereocenters. The van der Waals surface area contributed by atoms with Crippen molar-refractivity contribution in [3.63, 3.8) is 0 Å². The normalized spacial score (nSPS) is 17.9. The lowest BCUT2D eigenvalue weighted by atomic mass is 9.95. The largest absolute Gasteiger partial charge is 0.484 e. The molecule has 2 N–H and O–H groups in total. The van der Waals surface area contributed by atoms with Crippen LogP contribution in [0.25, 0.3) is 10.9 Å². The Bertz CT molecular complexity index is 1120. The van der Waals surface area contributed by atoms with Gasteiger partial charge in [0.2, 0.25) is 0 Å². The number of hydrogen-bond acceptors (Lipinski definition) is 5. The third-order valence-corrected chi connectivity index (χ3v) is 7.07. The van der Waals surface area contributed by atoms with Crippen molar-refractivity contribution in [2.24, 2.45) is 0 Å². The molecule has 7 heteroatoms. The van der Waals surface area contributed by atoms with Crippen LogP contribution in [-0.2, 0) is 17.8 Å². The molecule has 0 spiro atoms. The van der Waals surface area contributed by atoms with Crippen LogP contribution in [0.2, 0.25) is 0 Å².